The molecule has 1 aromatic rings. The van der Waals surface area contributed by atoms with Crippen LogP contribution in [-0.4, -0.2) is 41.4 Å². The highest BCUT2D eigenvalue weighted by Gasteiger charge is 2.17. The average molecular weight is 361 g/mol. The maximum Gasteiger partial charge on any atom is 0.251 e. The van der Waals surface area contributed by atoms with Gasteiger partial charge in [0.05, 0.1) is 0 Å². The molecular weight excluding hydrogens is 328 g/mol. The molecule has 138 valence electrons. The summed E-state index contributed by atoms with van der Waals surface area (Å²) in [7, 11) is 0. The van der Waals surface area contributed by atoms with Gasteiger partial charge in [0.1, 0.15) is 0 Å². The number of nitrogens with one attached hydrogen (secondary N) is 1. The van der Waals surface area contributed by atoms with Crippen LogP contribution in [0.25, 0.3) is 0 Å². The zero-order valence-corrected chi connectivity index (χ0v) is 16.3. The molecule has 1 atom stereocenters. The fraction of sp³-hybridized carbons (Fsp3) is 0.667. The van der Waals surface area contributed by atoms with Crippen molar-refractivity contribution in [3.63, 3.8) is 0 Å². The molecule has 1 aliphatic carbocycles. The average Bonchev–Trinajstić information content (AvgIpc) is 3.13. The van der Waals surface area contributed by atoms with Gasteiger partial charge in [-0.2, -0.15) is 11.8 Å². The summed E-state index contributed by atoms with van der Waals surface area (Å²) in [6.07, 6.45) is 8.14. The molecular formula is C21H32N2OS. The smallest absolute Gasteiger partial charge is 0.251 e. The van der Waals surface area contributed by atoms with Gasteiger partial charge in [-0.3, -0.25) is 9.69 Å². The van der Waals surface area contributed by atoms with Crippen LogP contribution in [0.3, 0.4) is 0 Å². The minimum absolute atomic E-state index is 0.0603. The first-order valence-electron chi connectivity index (χ1n) is 9.92. The fourth-order valence-corrected chi connectivity index (χ4v) is 5.22. The van der Waals surface area contributed by atoms with Crippen molar-refractivity contribution in [2.75, 3.05) is 25.4 Å². The summed E-state index contributed by atoms with van der Waals surface area (Å²) in [6.45, 7) is 6.51. The fourth-order valence-electron chi connectivity index (χ4n) is 4.00. The number of rotatable bonds is 7. The third-order valence-electron chi connectivity index (χ3n) is 5.41. The monoisotopic (exact) mass is 360 g/mol. The van der Waals surface area contributed by atoms with Crippen molar-refractivity contribution in [1.29, 1.82) is 0 Å². The summed E-state index contributed by atoms with van der Waals surface area (Å²) in [6, 6.07) is 8.17. The Morgan fingerprint density at radius 3 is 2.64 bits per heavy atom. The van der Waals surface area contributed by atoms with Crippen LogP contribution in [0.1, 0.15) is 61.4 Å². The van der Waals surface area contributed by atoms with E-state index in [9.17, 15) is 4.79 Å². The number of hydrogen-bond donors (Lipinski definition) is 1. The van der Waals surface area contributed by atoms with Crippen molar-refractivity contribution in [3.8, 4) is 0 Å². The van der Waals surface area contributed by atoms with Crippen LogP contribution in [0, 0.1) is 5.92 Å². The molecule has 0 aromatic heterocycles. The molecule has 0 spiro atoms. The maximum atomic E-state index is 12.3. The minimum Gasteiger partial charge on any atom is -0.351 e. The van der Waals surface area contributed by atoms with E-state index < -0.39 is 0 Å². The van der Waals surface area contributed by atoms with Crippen molar-refractivity contribution in [2.24, 2.45) is 5.92 Å². The first kappa shape index (κ1) is 18.8. The Hall–Kier alpha value is -1.00. The number of carbonyl (C=O) groups excluding carboxylic acids is 1. The minimum atomic E-state index is 0.0603. The molecule has 1 aromatic carbocycles. The van der Waals surface area contributed by atoms with E-state index in [-0.39, 0.29) is 5.91 Å². The topological polar surface area (TPSA) is 32.3 Å². The Bertz CT molecular complexity index is 539. The first-order chi connectivity index (χ1) is 12.2. The molecule has 1 N–H and O–H groups in total. The normalized spacial score (nSPS) is 22.2. The molecule has 1 unspecified atom stereocenters. The van der Waals surface area contributed by atoms with Gasteiger partial charge in [-0.25, -0.2) is 0 Å². The molecule has 0 radical (unpaired) electrons. The Morgan fingerprint density at radius 1 is 1.16 bits per heavy atom. The summed E-state index contributed by atoms with van der Waals surface area (Å²) in [4.78, 5) is 14.8. The zero-order chi connectivity index (χ0) is 17.5. The van der Waals surface area contributed by atoms with Gasteiger partial charge in [-0.1, -0.05) is 31.9 Å². The SMILES string of the molecule is CC1CCCN(Cc2ccc(C(=O)NCCSC3CCCC3)cc2)C1. The van der Waals surface area contributed by atoms with Crippen molar-refractivity contribution < 1.29 is 4.79 Å². The van der Waals surface area contributed by atoms with E-state index in [4.69, 9.17) is 0 Å². The van der Waals surface area contributed by atoms with Gasteiger partial charge in [0.15, 0.2) is 0 Å². The van der Waals surface area contributed by atoms with Crippen LogP contribution in [0.15, 0.2) is 24.3 Å². The molecule has 25 heavy (non-hydrogen) atoms. The summed E-state index contributed by atoms with van der Waals surface area (Å²) in [5.74, 6) is 1.90. The maximum absolute atomic E-state index is 12.3. The number of thioether (sulfide) groups is 1. The molecule has 1 amide bonds. The third-order valence-corrected chi connectivity index (χ3v) is 6.79. The van der Waals surface area contributed by atoms with Gasteiger partial charge in [-0.05, 0) is 55.8 Å². The third kappa shape index (κ3) is 6.03. The molecule has 4 heteroatoms. The summed E-state index contributed by atoms with van der Waals surface area (Å²) < 4.78 is 0. The lowest BCUT2D eigenvalue weighted by Gasteiger charge is -2.30. The first-order valence-corrected chi connectivity index (χ1v) is 11.0. The standard InChI is InChI=1S/C21H32N2OS/c1-17-5-4-13-23(15-17)16-18-8-10-19(11-9-18)21(24)22-12-14-25-20-6-2-3-7-20/h8-11,17,20H,2-7,12-16H2,1H3,(H,22,24). The molecule has 1 saturated carbocycles. The highest BCUT2D eigenvalue weighted by atomic mass is 32.2. The number of carbonyl (C=O) groups is 1. The lowest BCUT2D eigenvalue weighted by atomic mass is 9.99. The largest absolute Gasteiger partial charge is 0.351 e. The van der Waals surface area contributed by atoms with E-state index in [2.05, 4.69) is 29.3 Å². The summed E-state index contributed by atoms with van der Waals surface area (Å²) >= 11 is 2.02. The van der Waals surface area contributed by atoms with E-state index >= 15 is 0 Å². The Kier molecular flexibility index (Phi) is 7.23. The van der Waals surface area contributed by atoms with Gasteiger partial charge >= 0.3 is 0 Å². The van der Waals surface area contributed by atoms with Crippen molar-refractivity contribution in [2.45, 2.75) is 57.2 Å². The quantitative estimate of drug-likeness (QED) is 0.735. The number of hydrogen-bond acceptors (Lipinski definition) is 3. The van der Waals surface area contributed by atoms with Crippen molar-refractivity contribution in [1.82, 2.24) is 10.2 Å². The van der Waals surface area contributed by atoms with Crippen LogP contribution in [0.2, 0.25) is 0 Å². The van der Waals surface area contributed by atoms with E-state index in [0.29, 0.717) is 0 Å². The van der Waals surface area contributed by atoms with Crippen molar-refractivity contribution >= 4 is 17.7 Å². The highest BCUT2D eigenvalue weighted by molar-refractivity contribution is 7.99. The molecule has 1 aliphatic heterocycles. The molecule has 2 aliphatic rings. The number of benzene rings is 1. The van der Waals surface area contributed by atoms with Gasteiger partial charge in [0.2, 0.25) is 0 Å². The predicted molar refractivity (Wildman–Crippen MR) is 107 cm³/mol. The second kappa shape index (κ2) is 9.63. The van der Waals surface area contributed by atoms with Crippen molar-refractivity contribution in [3.05, 3.63) is 35.4 Å². The van der Waals surface area contributed by atoms with E-state index in [1.54, 1.807) is 0 Å². The van der Waals surface area contributed by atoms with Gasteiger partial charge in [0.25, 0.3) is 5.91 Å². The molecule has 0 bridgehead atoms. The predicted octanol–water partition coefficient (Wildman–Crippen LogP) is 4.32. The Morgan fingerprint density at radius 2 is 1.92 bits per heavy atom. The molecule has 1 heterocycles. The number of likely N-dealkylation sites (tertiary alicyclic amines) is 1. The van der Waals surface area contributed by atoms with Gasteiger partial charge < -0.3 is 5.32 Å². The number of amides is 1. The second-order valence-electron chi connectivity index (χ2n) is 7.71. The van der Waals surface area contributed by atoms with Crippen LogP contribution in [-0.2, 0) is 6.54 Å². The van der Waals surface area contributed by atoms with Gasteiger partial charge in [-0.15, -0.1) is 0 Å². The molecule has 2 fully saturated rings. The van der Waals surface area contributed by atoms with Crippen LogP contribution < -0.4 is 5.32 Å². The Labute approximate surface area is 156 Å². The van der Waals surface area contributed by atoms with Gasteiger partial charge in [0, 0.05) is 36.2 Å². The number of piperidine rings is 1. The van der Waals surface area contributed by atoms with E-state index in [0.717, 1.165) is 35.6 Å². The van der Waals surface area contributed by atoms with Crippen LogP contribution in [0.4, 0.5) is 0 Å². The lowest BCUT2D eigenvalue weighted by Crippen LogP contribution is -2.33. The van der Waals surface area contributed by atoms with Crippen LogP contribution >= 0.6 is 11.8 Å². The summed E-state index contributed by atoms with van der Waals surface area (Å²) in [5, 5.41) is 3.89. The highest BCUT2D eigenvalue weighted by Crippen LogP contribution is 2.28. The summed E-state index contributed by atoms with van der Waals surface area (Å²) in [5.41, 5.74) is 2.09. The lowest BCUT2D eigenvalue weighted by molar-refractivity contribution is 0.0956. The molecule has 1 saturated heterocycles. The van der Waals surface area contributed by atoms with Crippen LogP contribution in [0.5, 0.6) is 0 Å². The van der Waals surface area contributed by atoms with E-state index in [1.165, 1.54) is 57.2 Å². The van der Waals surface area contributed by atoms with E-state index in [1.807, 2.05) is 23.9 Å². The zero-order valence-electron chi connectivity index (χ0n) is 15.5. The molecule has 3 nitrogen and oxygen atoms in total. The Balaban J connectivity index is 1.39. The molecule has 3 rings (SSSR count). The second-order valence-corrected chi connectivity index (χ2v) is 9.12. The number of nitrogens with zero attached hydrogens (tertiary/aromatic N) is 1.